The third-order valence-corrected chi connectivity index (χ3v) is 2.72. The van der Waals surface area contributed by atoms with Crippen LogP contribution in [0.3, 0.4) is 0 Å². The first-order valence-corrected chi connectivity index (χ1v) is 6.11. The van der Waals surface area contributed by atoms with Gasteiger partial charge in [-0.25, -0.2) is 4.98 Å². The molecule has 1 heterocycles. The number of rotatable bonds is 6. The minimum absolute atomic E-state index is 0.165. The van der Waals surface area contributed by atoms with Crippen LogP contribution in [0.2, 0.25) is 0 Å². The highest BCUT2D eigenvalue weighted by Gasteiger charge is 2.16. The minimum atomic E-state index is 0.165. The van der Waals surface area contributed by atoms with Crippen molar-refractivity contribution in [3.8, 4) is 0 Å². The van der Waals surface area contributed by atoms with Gasteiger partial charge in [0, 0.05) is 25.4 Å². The highest BCUT2D eigenvalue weighted by molar-refractivity contribution is 7.80. The summed E-state index contributed by atoms with van der Waals surface area (Å²) in [4.78, 5) is 6.80. The predicted molar refractivity (Wildman–Crippen MR) is 74.3 cm³/mol. The normalized spacial score (nSPS) is 10.6. The molecular formula is C12H19N3OS. The van der Waals surface area contributed by atoms with Crippen molar-refractivity contribution in [2.24, 2.45) is 5.73 Å². The molecule has 0 fully saturated rings. The van der Waals surface area contributed by atoms with E-state index < -0.39 is 0 Å². The molecule has 0 aliphatic heterocycles. The predicted octanol–water partition coefficient (Wildman–Crippen LogP) is 1.31. The number of aliphatic hydroxyl groups is 1. The summed E-state index contributed by atoms with van der Waals surface area (Å²) in [6, 6.07) is 3.98. The summed E-state index contributed by atoms with van der Waals surface area (Å²) in [5, 5.41) is 8.92. The van der Waals surface area contributed by atoms with Crippen molar-refractivity contribution in [1.82, 2.24) is 4.98 Å². The molecule has 1 aromatic heterocycles. The van der Waals surface area contributed by atoms with Crippen LogP contribution in [0.5, 0.6) is 0 Å². The molecule has 0 aliphatic carbocycles. The van der Waals surface area contributed by atoms with Gasteiger partial charge in [0.2, 0.25) is 0 Å². The van der Waals surface area contributed by atoms with E-state index in [0.717, 1.165) is 17.9 Å². The second kappa shape index (κ2) is 6.51. The molecule has 0 spiro atoms. The number of pyridine rings is 1. The van der Waals surface area contributed by atoms with Crippen LogP contribution in [0.1, 0.15) is 25.8 Å². The number of nitrogens with two attached hydrogens (primary N) is 1. The van der Waals surface area contributed by atoms with Gasteiger partial charge < -0.3 is 15.7 Å². The lowest BCUT2D eigenvalue weighted by molar-refractivity contribution is 0.288. The first-order chi connectivity index (χ1) is 8.07. The molecule has 0 radical (unpaired) electrons. The van der Waals surface area contributed by atoms with Crippen molar-refractivity contribution < 1.29 is 5.11 Å². The van der Waals surface area contributed by atoms with Crippen LogP contribution in [0, 0.1) is 0 Å². The Morgan fingerprint density at radius 3 is 2.82 bits per heavy atom. The zero-order valence-corrected chi connectivity index (χ0v) is 11.1. The molecule has 0 saturated heterocycles. The topological polar surface area (TPSA) is 62.4 Å². The average Bonchev–Trinajstić information content (AvgIpc) is 2.29. The molecule has 3 N–H and O–H groups in total. The molecule has 17 heavy (non-hydrogen) atoms. The maximum absolute atomic E-state index is 8.92. The summed E-state index contributed by atoms with van der Waals surface area (Å²) in [6.45, 7) is 5.06. The maximum atomic E-state index is 8.92. The van der Waals surface area contributed by atoms with Gasteiger partial charge in [-0.15, -0.1) is 0 Å². The van der Waals surface area contributed by atoms with Crippen molar-refractivity contribution >= 4 is 23.0 Å². The van der Waals surface area contributed by atoms with Gasteiger partial charge in [-0.3, -0.25) is 0 Å². The van der Waals surface area contributed by atoms with E-state index in [1.165, 1.54) is 0 Å². The summed E-state index contributed by atoms with van der Waals surface area (Å²) in [6.07, 6.45) is 2.43. The number of aromatic nitrogens is 1. The van der Waals surface area contributed by atoms with Gasteiger partial charge in [0.25, 0.3) is 0 Å². The van der Waals surface area contributed by atoms with Gasteiger partial charge in [-0.1, -0.05) is 12.2 Å². The first-order valence-electron chi connectivity index (χ1n) is 5.70. The lowest BCUT2D eigenvalue weighted by Crippen LogP contribution is -2.34. The molecular weight excluding hydrogens is 234 g/mol. The average molecular weight is 253 g/mol. The largest absolute Gasteiger partial charge is 0.396 e. The SMILES string of the molecule is CC(C)N(CCCO)c1ncccc1C(N)=S. The Bertz CT molecular complexity index is 382. The first kappa shape index (κ1) is 13.9. The Balaban J connectivity index is 3.04. The second-order valence-corrected chi connectivity index (χ2v) is 4.54. The molecule has 0 aliphatic rings. The number of aliphatic hydroxyl groups excluding tert-OH is 1. The van der Waals surface area contributed by atoms with Crippen LogP contribution in [-0.4, -0.2) is 34.3 Å². The highest BCUT2D eigenvalue weighted by Crippen LogP contribution is 2.19. The smallest absolute Gasteiger partial charge is 0.139 e. The van der Waals surface area contributed by atoms with Crippen LogP contribution < -0.4 is 10.6 Å². The van der Waals surface area contributed by atoms with Gasteiger partial charge in [0.15, 0.2) is 0 Å². The van der Waals surface area contributed by atoms with Gasteiger partial charge in [0.05, 0.1) is 5.56 Å². The van der Waals surface area contributed by atoms with E-state index in [-0.39, 0.29) is 12.6 Å². The number of hydrogen-bond acceptors (Lipinski definition) is 4. The molecule has 0 bridgehead atoms. The molecule has 0 saturated carbocycles. The lowest BCUT2D eigenvalue weighted by atomic mass is 10.2. The van der Waals surface area contributed by atoms with Gasteiger partial charge in [-0.2, -0.15) is 0 Å². The molecule has 5 heteroatoms. The second-order valence-electron chi connectivity index (χ2n) is 4.10. The van der Waals surface area contributed by atoms with Crippen LogP contribution in [-0.2, 0) is 0 Å². The molecule has 4 nitrogen and oxygen atoms in total. The summed E-state index contributed by atoms with van der Waals surface area (Å²) in [5.74, 6) is 0.795. The molecule has 1 rings (SSSR count). The van der Waals surface area contributed by atoms with Crippen LogP contribution >= 0.6 is 12.2 Å². The zero-order valence-electron chi connectivity index (χ0n) is 10.3. The molecule has 0 atom stereocenters. The Kier molecular flexibility index (Phi) is 5.31. The molecule has 0 aromatic carbocycles. The number of anilines is 1. The molecule has 0 unspecified atom stereocenters. The van der Waals surface area contributed by atoms with Crippen LogP contribution in [0.4, 0.5) is 5.82 Å². The van der Waals surface area contributed by atoms with Gasteiger partial charge in [0.1, 0.15) is 10.8 Å². The summed E-state index contributed by atoms with van der Waals surface area (Å²) < 4.78 is 0. The number of hydrogen-bond donors (Lipinski definition) is 2. The number of thiocarbonyl (C=S) groups is 1. The highest BCUT2D eigenvalue weighted by atomic mass is 32.1. The molecule has 0 amide bonds. The lowest BCUT2D eigenvalue weighted by Gasteiger charge is -2.29. The molecule has 94 valence electrons. The fourth-order valence-electron chi connectivity index (χ4n) is 1.67. The monoisotopic (exact) mass is 253 g/mol. The Hall–Kier alpha value is -1.20. The summed E-state index contributed by atoms with van der Waals surface area (Å²) in [5.41, 5.74) is 6.48. The third kappa shape index (κ3) is 3.64. The van der Waals surface area contributed by atoms with E-state index in [4.69, 9.17) is 23.1 Å². The van der Waals surface area contributed by atoms with Gasteiger partial charge >= 0.3 is 0 Å². The van der Waals surface area contributed by atoms with Crippen molar-refractivity contribution in [3.05, 3.63) is 23.9 Å². The van der Waals surface area contributed by atoms with Crippen molar-refractivity contribution in [3.63, 3.8) is 0 Å². The standard InChI is InChI=1S/C12H19N3OS/c1-9(2)15(7-4-8-16)12-10(11(13)17)5-3-6-14-12/h3,5-6,9,16H,4,7-8H2,1-2H3,(H2,13,17). The van der Waals surface area contributed by atoms with Crippen molar-refractivity contribution in [2.45, 2.75) is 26.3 Å². The molecule has 1 aromatic rings. The fourth-order valence-corrected chi connectivity index (χ4v) is 1.83. The van der Waals surface area contributed by atoms with Crippen molar-refractivity contribution in [2.75, 3.05) is 18.1 Å². The van der Waals surface area contributed by atoms with E-state index in [1.54, 1.807) is 6.20 Å². The Labute approximate surface area is 107 Å². The summed E-state index contributed by atoms with van der Waals surface area (Å²) >= 11 is 5.03. The van der Waals surface area contributed by atoms with Gasteiger partial charge in [-0.05, 0) is 32.4 Å². The quantitative estimate of drug-likeness (QED) is 0.749. The van der Waals surface area contributed by atoms with Crippen LogP contribution in [0.25, 0.3) is 0 Å². The third-order valence-electron chi connectivity index (χ3n) is 2.50. The van der Waals surface area contributed by atoms with E-state index in [9.17, 15) is 0 Å². The van der Waals surface area contributed by atoms with Crippen LogP contribution in [0.15, 0.2) is 18.3 Å². The number of nitrogens with zero attached hydrogens (tertiary/aromatic N) is 2. The van der Waals surface area contributed by atoms with E-state index in [0.29, 0.717) is 11.4 Å². The minimum Gasteiger partial charge on any atom is -0.396 e. The Morgan fingerprint density at radius 1 is 1.59 bits per heavy atom. The maximum Gasteiger partial charge on any atom is 0.139 e. The van der Waals surface area contributed by atoms with Crippen molar-refractivity contribution in [1.29, 1.82) is 0 Å². The Morgan fingerprint density at radius 2 is 2.29 bits per heavy atom. The zero-order chi connectivity index (χ0) is 12.8. The van der Waals surface area contributed by atoms with E-state index in [2.05, 4.69) is 23.7 Å². The van der Waals surface area contributed by atoms with E-state index >= 15 is 0 Å². The summed E-state index contributed by atoms with van der Waals surface area (Å²) in [7, 11) is 0. The fraction of sp³-hybridized carbons (Fsp3) is 0.500. The van der Waals surface area contributed by atoms with E-state index in [1.807, 2.05) is 12.1 Å².